The summed E-state index contributed by atoms with van der Waals surface area (Å²) in [6, 6.07) is 1.83. The van der Waals surface area contributed by atoms with Gasteiger partial charge in [-0.05, 0) is 13.0 Å². The third-order valence-electron chi connectivity index (χ3n) is 1.80. The van der Waals surface area contributed by atoms with Crippen molar-refractivity contribution in [3.63, 3.8) is 0 Å². The van der Waals surface area contributed by atoms with E-state index in [0.717, 1.165) is 4.88 Å². The van der Waals surface area contributed by atoms with Gasteiger partial charge in [0, 0.05) is 22.2 Å². The minimum absolute atomic E-state index is 0.00820. The van der Waals surface area contributed by atoms with Gasteiger partial charge in [0.05, 0.1) is 6.42 Å². The van der Waals surface area contributed by atoms with Crippen molar-refractivity contribution in [1.29, 1.82) is 0 Å². The second kappa shape index (κ2) is 4.33. The van der Waals surface area contributed by atoms with Crippen molar-refractivity contribution in [3.05, 3.63) is 21.9 Å². The Hall–Kier alpha value is -0.960. The predicted molar refractivity (Wildman–Crippen MR) is 53.3 cm³/mol. The van der Waals surface area contributed by atoms with Gasteiger partial charge in [0.15, 0.2) is 5.78 Å². The molecule has 1 rings (SSSR count). The number of aryl methyl sites for hydroxylation is 1. The maximum absolute atomic E-state index is 11.4. The summed E-state index contributed by atoms with van der Waals surface area (Å²) >= 11 is 1.54. The SMILES string of the molecule is CCC(=O)CC(=O)c1csc(C)c1. The molecule has 0 aliphatic rings. The molecule has 2 nitrogen and oxygen atoms in total. The Morgan fingerprint density at radius 2 is 2.15 bits per heavy atom. The van der Waals surface area contributed by atoms with Crippen molar-refractivity contribution in [3.8, 4) is 0 Å². The first kappa shape index (κ1) is 10.1. The third kappa shape index (κ3) is 2.77. The lowest BCUT2D eigenvalue weighted by Gasteiger charge is -1.94. The zero-order valence-electron chi connectivity index (χ0n) is 7.79. The molecule has 0 saturated heterocycles. The van der Waals surface area contributed by atoms with Gasteiger partial charge in [-0.15, -0.1) is 11.3 Å². The first-order valence-electron chi connectivity index (χ1n) is 4.23. The van der Waals surface area contributed by atoms with E-state index in [-0.39, 0.29) is 18.0 Å². The molecule has 0 aliphatic carbocycles. The molecule has 0 fully saturated rings. The Kier molecular flexibility index (Phi) is 3.37. The van der Waals surface area contributed by atoms with Gasteiger partial charge in [-0.2, -0.15) is 0 Å². The molecule has 0 radical (unpaired) electrons. The molecular weight excluding hydrogens is 184 g/mol. The smallest absolute Gasteiger partial charge is 0.171 e. The molecule has 1 aromatic heterocycles. The summed E-state index contributed by atoms with van der Waals surface area (Å²) in [4.78, 5) is 23.5. The van der Waals surface area contributed by atoms with Crippen molar-refractivity contribution in [2.75, 3.05) is 0 Å². The number of carbonyl (C=O) groups is 2. The van der Waals surface area contributed by atoms with Crippen molar-refractivity contribution in [1.82, 2.24) is 0 Å². The maximum Gasteiger partial charge on any atom is 0.171 e. The zero-order valence-corrected chi connectivity index (χ0v) is 8.61. The molecule has 13 heavy (non-hydrogen) atoms. The van der Waals surface area contributed by atoms with Crippen LogP contribution < -0.4 is 0 Å². The highest BCUT2D eigenvalue weighted by molar-refractivity contribution is 7.10. The molecular formula is C10H12O2S. The van der Waals surface area contributed by atoms with Crippen LogP contribution in [0.5, 0.6) is 0 Å². The number of thiophene rings is 1. The molecule has 0 bridgehead atoms. The molecule has 70 valence electrons. The van der Waals surface area contributed by atoms with Crippen LogP contribution >= 0.6 is 11.3 Å². The van der Waals surface area contributed by atoms with Crippen LogP contribution in [-0.4, -0.2) is 11.6 Å². The highest BCUT2D eigenvalue weighted by Crippen LogP contribution is 2.14. The van der Waals surface area contributed by atoms with Gasteiger partial charge in [-0.3, -0.25) is 9.59 Å². The fraction of sp³-hybridized carbons (Fsp3) is 0.400. The third-order valence-corrected chi connectivity index (χ3v) is 2.67. The van der Waals surface area contributed by atoms with Gasteiger partial charge in [0.1, 0.15) is 5.78 Å². The summed E-state index contributed by atoms with van der Waals surface area (Å²) < 4.78 is 0. The molecule has 3 heteroatoms. The fourth-order valence-electron chi connectivity index (χ4n) is 0.996. The summed E-state index contributed by atoms with van der Waals surface area (Å²) in [6.07, 6.45) is 0.488. The van der Waals surface area contributed by atoms with Crippen LogP contribution in [0.25, 0.3) is 0 Å². The topological polar surface area (TPSA) is 34.1 Å². The molecule has 0 N–H and O–H groups in total. The fourth-order valence-corrected chi connectivity index (χ4v) is 1.70. The summed E-state index contributed by atoms with van der Waals surface area (Å²) in [5, 5.41) is 1.81. The second-order valence-corrected chi connectivity index (χ2v) is 4.05. The van der Waals surface area contributed by atoms with E-state index in [4.69, 9.17) is 0 Å². The van der Waals surface area contributed by atoms with Gasteiger partial charge < -0.3 is 0 Å². The van der Waals surface area contributed by atoms with Crippen molar-refractivity contribution in [2.24, 2.45) is 0 Å². The van der Waals surface area contributed by atoms with E-state index in [1.54, 1.807) is 12.3 Å². The molecule has 0 aliphatic heterocycles. The molecule has 0 unspecified atom stereocenters. The normalized spacial score (nSPS) is 10.0. The molecule has 0 aromatic carbocycles. The van der Waals surface area contributed by atoms with Crippen LogP contribution in [0.1, 0.15) is 35.0 Å². The Balaban J connectivity index is 2.64. The Labute approximate surface area is 81.6 Å². The highest BCUT2D eigenvalue weighted by Gasteiger charge is 2.10. The van der Waals surface area contributed by atoms with E-state index in [1.165, 1.54) is 11.3 Å². The van der Waals surface area contributed by atoms with Crippen LogP contribution in [0, 0.1) is 6.92 Å². The first-order chi connectivity index (χ1) is 6.13. The minimum atomic E-state index is -0.0591. The molecule has 0 amide bonds. The van der Waals surface area contributed by atoms with Crippen LogP contribution in [0.3, 0.4) is 0 Å². The zero-order chi connectivity index (χ0) is 9.84. The molecule has 1 heterocycles. The lowest BCUT2D eigenvalue weighted by atomic mass is 10.1. The largest absolute Gasteiger partial charge is 0.299 e. The lowest BCUT2D eigenvalue weighted by Crippen LogP contribution is -2.05. The summed E-state index contributed by atoms with van der Waals surface area (Å²) in [6.45, 7) is 3.72. The monoisotopic (exact) mass is 196 g/mol. The second-order valence-electron chi connectivity index (χ2n) is 2.94. The van der Waals surface area contributed by atoms with E-state index in [9.17, 15) is 9.59 Å². The van der Waals surface area contributed by atoms with E-state index in [1.807, 2.05) is 13.0 Å². The average molecular weight is 196 g/mol. The predicted octanol–water partition coefficient (Wildman–Crippen LogP) is 2.61. The number of ketones is 2. The van der Waals surface area contributed by atoms with Crippen LogP contribution in [0.4, 0.5) is 0 Å². The standard InChI is InChI=1S/C10H12O2S/c1-3-9(11)5-10(12)8-4-7(2)13-6-8/h4,6H,3,5H2,1-2H3. The summed E-state index contributed by atoms with van der Waals surface area (Å²) in [5.41, 5.74) is 0.671. The molecule has 0 spiro atoms. The average Bonchev–Trinajstić information content (AvgIpc) is 2.51. The van der Waals surface area contributed by atoms with Gasteiger partial charge in [0.25, 0.3) is 0 Å². The lowest BCUT2D eigenvalue weighted by molar-refractivity contribution is -0.117. The number of hydrogen-bond donors (Lipinski definition) is 0. The van der Waals surface area contributed by atoms with Crippen LogP contribution in [0.15, 0.2) is 11.4 Å². The van der Waals surface area contributed by atoms with Gasteiger partial charge in [0.2, 0.25) is 0 Å². The van der Waals surface area contributed by atoms with E-state index >= 15 is 0 Å². The van der Waals surface area contributed by atoms with Gasteiger partial charge in [-0.1, -0.05) is 6.92 Å². The van der Waals surface area contributed by atoms with Crippen molar-refractivity contribution >= 4 is 22.9 Å². The van der Waals surface area contributed by atoms with E-state index in [0.29, 0.717) is 12.0 Å². The van der Waals surface area contributed by atoms with E-state index in [2.05, 4.69) is 0 Å². The number of hydrogen-bond acceptors (Lipinski definition) is 3. The van der Waals surface area contributed by atoms with Crippen LogP contribution in [0.2, 0.25) is 0 Å². The number of Topliss-reactive ketones (excluding diaryl/α,β-unsaturated/α-hetero) is 2. The first-order valence-corrected chi connectivity index (χ1v) is 5.11. The molecule has 0 atom stereocenters. The van der Waals surface area contributed by atoms with Gasteiger partial charge in [-0.25, -0.2) is 0 Å². The van der Waals surface area contributed by atoms with E-state index < -0.39 is 0 Å². The Morgan fingerprint density at radius 1 is 1.46 bits per heavy atom. The van der Waals surface area contributed by atoms with Crippen molar-refractivity contribution < 1.29 is 9.59 Å². The number of carbonyl (C=O) groups excluding carboxylic acids is 2. The highest BCUT2D eigenvalue weighted by atomic mass is 32.1. The quantitative estimate of drug-likeness (QED) is 0.548. The van der Waals surface area contributed by atoms with Gasteiger partial charge >= 0.3 is 0 Å². The summed E-state index contributed by atoms with van der Waals surface area (Å²) in [5.74, 6) is -0.0509. The minimum Gasteiger partial charge on any atom is -0.299 e. The summed E-state index contributed by atoms with van der Waals surface area (Å²) in [7, 11) is 0. The molecule has 1 aromatic rings. The Morgan fingerprint density at radius 3 is 2.62 bits per heavy atom. The van der Waals surface area contributed by atoms with Crippen LogP contribution in [-0.2, 0) is 4.79 Å². The Bertz CT molecular complexity index is 325. The molecule has 0 saturated carbocycles. The number of rotatable bonds is 4. The van der Waals surface area contributed by atoms with Crippen molar-refractivity contribution in [2.45, 2.75) is 26.7 Å². The maximum atomic E-state index is 11.4.